The summed E-state index contributed by atoms with van der Waals surface area (Å²) in [6, 6.07) is 0. The molecule has 0 atom stereocenters. The van der Waals surface area contributed by atoms with Gasteiger partial charge >= 0.3 is 6.16 Å². The molecule has 1 rings (SSSR count). The molecular formula is C7H6Cl3NO5. The highest BCUT2D eigenvalue weighted by molar-refractivity contribution is 6.67. The van der Waals surface area contributed by atoms with Gasteiger partial charge in [-0.1, -0.05) is 39.9 Å². The molecule has 0 spiro atoms. The first-order valence-corrected chi connectivity index (χ1v) is 5.20. The van der Waals surface area contributed by atoms with Crippen LogP contribution in [-0.2, 0) is 19.2 Å². The van der Waals surface area contributed by atoms with E-state index in [-0.39, 0.29) is 12.8 Å². The Bertz CT molecular complexity index is 310. The number of hydrogen-bond acceptors (Lipinski definition) is 5. The summed E-state index contributed by atoms with van der Waals surface area (Å²) in [7, 11) is 0. The van der Waals surface area contributed by atoms with Crippen LogP contribution in [0.1, 0.15) is 12.8 Å². The van der Waals surface area contributed by atoms with Gasteiger partial charge in [0, 0.05) is 12.8 Å². The maximum absolute atomic E-state index is 11.0. The molecule has 1 aliphatic rings. The smallest absolute Gasteiger partial charge is 0.428 e. The first kappa shape index (κ1) is 13.3. The van der Waals surface area contributed by atoms with Gasteiger partial charge in [-0.2, -0.15) is 0 Å². The van der Waals surface area contributed by atoms with Crippen LogP contribution in [0.15, 0.2) is 0 Å². The molecule has 1 aliphatic heterocycles. The molecule has 1 fully saturated rings. The van der Waals surface area contributed by atoms with Gasteiger partial charge in [-0.25, -0.2) is 4.79 Å². The molecule has 0 aromatic rings. The molecule has 0 unspecified atom stereocenters. The van der Waals surface area contributed by atoms with E-state index in [0.29, 0.717) is 5.06 Å². The predicted molar refractivity (Wildman–Crippen MR) is 53.8 cm³/mol. The largest absolute Gasteiger partial charge is 0.534 e. The zero-order valence-corrected chi connectivity index (χ0v) is 10.0. The van der Waals surface area contributed by atoms with Gasteiger partial charge in [0.2, 0.25) is 3.79 Å². The molecule has 90 valence electrons. The predicted octanol–water partition coefficient (Wildman–Crippen LogP) is 1.57. The van der Waals surface area contributed by atoms with E-state index in [1.54, 1.807) is 0 Å². The van der Waals surface area contributed by atoms with E-state index in [1.165, 1.54) is 0 Å². The van der Waals surface area contributed by atoms with Gasteiger partial charge in [-0.05, 0) is 0 Å². The van der Waals surface area contributed by atoms with Gasteiger partial charge in [-0.3, -0.25) is 14.4 Å². The van der Waals surface area contributed by atoms with Crippen LogP contribution in [0.3, 0.4) is 0 Å². The topological polar surface area (TPSA) is 72.9 Å². The minimum Gasteiger partial charge on any atom is -0.428 e. The fraction of sp³-hybridized carbons (Fsp3) is 0.571. The van der Waals surface area contributed by atoms with E-state index in [1.807, 2.05) is 0 Å². The SMILES string of the molecule is O=C(OCC(Cl)(Cl)Cl)ON1C(=O)CCC1=O. The van der Waals surface area contributed by atoms with Crippen molar-refractivity contribution in [3.63, 3.8) is 0 Å². The van der Waals surface area contributed by atoms with Crippen molar-refractivity contribution < 1.29 is 24.0 Å². The summed E-state index contributed by atoms with van der Waals surface area (Å²) in [5.74, 6) is -1.23. The third-order valence-corrected chi connectivity index (χ3v) is 1.85. The Morgan fingerprint density at radius 2 is 1.75 bits per heavy atom. The van der Waals surface area contributed by atoms with E-state index >= 15 is 0 Å². The quantitative estimate of drug-likeness (QED) is 0.438. The third-order valence-electron chi connectivity index (χ3n) is 1.53. The van der Waals surface area contributed by atoms with Crippen LogP contribution >= 0.6 is 34.8 Å². The lowest BCUT2D eigenvalue weighted by atomic mass is 10.4. The van der Waals surface area contributed by atoms with Crippen LogP contribution in [-0.4, -0.2) is 33.4 Å². The van der Waals surface area contributed by atoms with Crippen molar-refractivity contribution in [1.82, 2.24) is 5.06 Å². The number of amides is 2. The van der Waals surface area contributed by atoms with Gasteiger partial charge in [0.15, 0.2) is 0 Å². The summed E-state index contributed by atoms with van der Waals surface area (Å²) < 4.78 is 2.58. The Morgan fingerprint density at radius 1 is 1.25 bits per heavy atom. The minimum atomic E-state index is -1.78. The number of hydroxylamine groups is 2. The van der Waals surface area contributed by atoms with Crippen molar-refractivity contribution in [3.8, 4) is 0 Å². The fourth-order valence-corrected chi connectivity index (χ4v) is 1.06. The zero-order valence-electron chi connectivity index (χ0n) is 7.74. The monoisotopic (exact) mass is 289 g/mol. The molecule has 9 heteroatoms. The van der Waals surface area contributed by atoms with Crippen molar-refractivity contribution >= 4 is 52.8 Å². The van der Waals surface area contributed by atoms with E-state index in [0.717, 1.165) is 0 Å². The van der Waals surface area contributed by atoms with Crippen molar-refractivity contribution in [2.75, 3.05) is 6.61 Å². The molecule has 1 saturated heterocycles. The van der Waals surface area contributed by atoms with Crippen molar-refractivity contribution in [2.45, 2.75) is 16.6 Å². The molecule has 0 saturated carbocycles. The molecule has 0 radical (unpaired) electrons. The Hall–Kier alpha value is -0.720. The highest BCUT2D eigenvalue weighted by atomic mass is 35.6. The lowest BCUT2D eigenvalue weighted by Crippen LogP contribution is -2.33. The summed E-state index contributed by atoms with van der Waals surface area (Å²) >= 11 is 15.9. The van der Waals surface area contributed by atoms with Crippen LogP contribution < -0.4 is 0 Å². The van der Waals surface area contributed by atoms with Crippen LogP contribution in [0.4, 0.5) is 4.79 Å². The molecular weight excluding hydrogens is 284 g/mol. The number of rotatable bonds is 2. The molecule has 0 N–H and O–H groups in total. The summed E-state index contributed by atoms with van der Waals surface area (Å²) in [5, 5.41) is 0.334. The molecule has 0 aromatic carbocycles. The summed E-state index contributed by atoms with van der Waals surface area (Å²) in [5.41, 5.74) is 0. The second-order valence-electron chi connectivity index (χ2n) is 2.83. The Labute approximate surface area is 105 Å². The summed E-state index contributed by atoms with van der Waals surface area (Å²) in [6.45, 7) is -0.549. The number of imide groups is 1. The van der Waals surface area contributed by atoms with E-state index in [2.05, 4.69) is 9.57 Å². The number of carbonyl (C=O) groups excluding carboxylic acids is 3. The molecule has 16 heavy (non-hydrogen) atoms. The summed E-state index contributed by atoms with van der Waals surface area (Å²) in [6.07, 6.45) is -1.29. The highest BCUT2D eigenvalue weighted by Gasteiger charge is 2.34. The van der Waals surface area contributed by atoms with Gasteiger partial charge < -0.3 is 4.74 Å². The van der Waals surface area contributed by atoms with Gasteiger partial charge in [-0.15, -0.1) is 0 Å². The minimum absolute atomic E-state index is 0.00340. The first-order valence-electron chi connectivity index (χ1n) is 4.07. The van der Waals surface area contributed by atoms with E-state index < -0.39 is 28.4 Å². The van der Waals surface area contributed by atoms with E-state index in [9.17, 15) is 14.4 Å². The van der Waals surface area contributed by atoms with Gasteiger partial charge in [0.05, 0.1) is 0 Å². The first-order chi connectivity index (χ1) is 7.29. The maximum Gasteiger partial charge on any atom is 0.534 e. The third kappa shape index (κ3) is 4.03. The average Bonchev–Trinajstić information content (AvgIpc) is 2.45. The van der Waals surface area contributed by atoms with Crippen molar-refractivity contribution in [3.05, 3.63) is 0 Å². The molecule has 0 aliphatic carbocycles. The zero-order chi connectivity index (χ0) is 12.3. The number of halogens is 3. The van der Waals surface area contributed by atoms with Crippen LogP contribution in [0, 0.1) is 0 Å². The normalized spacial score (nSPS) is 16.6. The standard InChI is InChI=1S/C7H6Cl3NO5/c8-7(9,10)3-15-6(14)16-11-4(12)1-2-5(11)13/h1-3H2. The number of ether oxygens (including phenoxy) is 1. The van der Waals surface area contributed by atoms with Crippen molar-refractivity contribution in [1.29, 1.82) is 0 Å². The lowest BCUT2D eigenvalue weighted by Gasteiger charge is -2.14. The Morgan fingerprint density at radius 3 is 2.19 bits per heavy atom. The highest BCUT2D eigenvalue weighted by Crippen LogP contribution is 2.26. The van der Waals surface area contributed by atoms with Gasteiger partial charge in [0.1, 0.15) is 6.61 Å². The number of carbonyl (C=O) groups is 3. The van der Waals surface area contributed by atoms with Crippen LogP contribution in [0.2, 0.25) is 0 Å². The molecule has 0 aromatic heterocycles. The Balaban J connectivity index is 2.40. The second kappa shape index (κ2) is 5.07. The average molecular weight is 290 g/mol. The van der Waals surface area contributed by atoms with Crippen LogP contribution in [0.5, 0.6) is 0 Å². The van der Waals surface area contributed by atoms with E-state index in [4.69, 9.17) is 34.8 Å². The van der Waals surface area contributed by atoms with Crippen LogP contribution in [0.25, 0.3) is 0 Å². The molecule has 2 amide bonds. The lowest BCUT2D eigenvalue weighted by molar-refractivity contribution is -0.177. The van der Waals surface area contributed by atoms with Gasteiger partial charge in [0.25, 0.3) is 11.8 Å². The fourth-order valence-electron chi connectivity index (χ4n) is 0.900. The molecule has 0 bridgehead atoms. The number of hydrogen-bond donors (Lipinski definition) is 0. The molecule has 6 nitrogen and oxygen atoms in total. The summed E-state index contributed by atoms with van der Waals surface area (Å²) in [4.78, 5) is 37.3. The number of nitrogens with zero attached hydrogens (tertiary/aromatic N) is 1. The second-order valence-corrected chi connectivity index (χ2v) is 5.34. The van der Waals surface area contributed by atoms with Crippen molar-refractivity contribution in [2.24, 2.45) is 0 Å². The molecule has 1 heterocycles. The Kier molecular flexibility index (Phi) is 4.23. The maximum atomic E-state index is 11.0. The number of alkyl halides is 3.